The van der Waals surface area contributed by atoms with E-state index in [1.54, 1.807) is 0 Å². The number of rotatable bonds is 3. The van der Waals surface area contributed by atoms with E-state index in [0.29, 0.717) is 6.54 Å². The fraction of sp³-hybridized carbons (Fsp3) is 0.714. The van der Waals surface area contributed by atoms with Crippen LogP contribution in [-0.4, -0.2) is 42.0 Å². The van der Waals surface area contributed by atoms with Crippen LogP contribution < -0.4 is 5.73 Å². The van der Waals surface area contributed by atoms with E-state index in [1.807, 2.05) is 6.92 Å². The van der Waals surface area contributed by atoms with Crippen molar-refractivity contribution in [2.45, 2.75) is 38.9 Å². The van der Waals surface area contributed by atoms with Crippen molar-refractivity contribution in [3.05, 3.63) is 23.2 Å². The van der Waals surface area contributed by atoms with Gasteiger partial charge in [-0.2, -0.15) is 0 Å². The van der Waals surface area contributed by atoms with Gasteiger partial charge in [-0.05, 0) is 32.4 Å². The molecular weight excluding hydrogens is 226 g/mol. The Morgan fingerprint density at radius 3 is 3.06 bits per heavy atom. The van der Waals surface area contributed by atoms with Crippen LogP contribution in [0.4, 0.5) is 0 Å². The standard InChI is InChI=1S/C14H23N3O/c1-11-12(8-15)7-14(18-11)10-16-5-6-17-4-2-3-13(17)9-16/h7,13H,2-6,8-10,15H2,1H3. The highest BCUT2D eigenvalue weighted by Crippen LogP contribution is 2.23. The highest BCUT2D eigenvalue weighted by atomic mass is 16.3. The smallest absolute Gasteiger partial charge is 0.118 e. The molecule has 0 radical (unpaired) electrons. The summed E-state index contributed by atoms with van der Waals surface area (Å²) in [5, 5.41) is 0. The lowest BCUT2D eigenvalue weighted by Gasteiger charge is -2.37. The second kappa shape index (κ2) is 5.03. The summed E-state index contributed by atoms with van der Waals surface area (Å²) in [5.74, 6) is 2.05. The van der Waals surface area contributed by atoms with E-state index in [1.165, 1.54) is 32.5 Å². The monoisotopic (exact) mass is 249 g/mol. The molecule has 0 aliphatic carbocycles. The average Bonchev–Trinajstić information content (AvgIpc) is 2.95. The maximum atomic E-state index is 5.78. The molecule has 18 heavy (non-hydrogen) atoms. The molecule has 2 aliphatic heterocycles. The number of nitrogens with two attached hydrogens (primary N) is 1. The van der Waals surface area contributed by atoms with Gasteiger partial charge in [0.15, 0.2) is 0 Å². The van der Waals surface area contributed by atoms with E-state index in [0.717, 1.165) is 36.2 Å². The first kappa shape index (κ1) is 12.2. The quantitative estimate of drug-likeness (QED) is 0.878. The zero-order valence-corrected chi connectivity index (χ0v) is 11.2. The van der Waals surface area contributed by atoms with Gasteiger partial charge in [-0.15, -0.1) is 0 Å². The Balaban J connectivity index is 1.62. The number of furan rings is 1. The molecule has 1 aromatic rings. The van der Waals surface area contributed by atoms with Crippen molar-refractivity contribution in [3.8, 4) is 0 Å². The van der Waals surface area contributed by atoms with Crippen LogP contribution in [0.1, 0.15) is 29.9 Å². The summed E-state index contributed by atoms with van der Waals surface area (Å²) in [7, 11) is 0. The molecule has 4 nitrogen and oxygen atoms in total. The molecule has 1 aromatic heterocycles. The van der Waals surface area contributed by atoms with Crippen LogP contribution in [0.15, 0.2) is 10.5 Å². The van der Waals surface area contributed by atoms with Crippen molar-refractivity contribution >= 4 is 0 Å². The molecule has 0 bridgehead atoms. The highest BCUT2D eigenvalue weighted by Gasteiger charge is 2.30. The molecule has 1 atom stereocenters. The van der Waals surface area contributed by atoms with E-state index in [9.17, 15) is 0 Å². The SMILES string of the molecule is Cc1oc(CN2CCN3CCCC3C2)cc1CN. The third-order valence-corrected chi connectivity index (χ3v) is 4.34. The minimum absolute atomic E-state index is 0.575. The lowest BCUT2D eigenvalue weighted by atomic mass is 10.1. The van der Waals surface area contributed by atoms with Gasteiger partial charge in [0.05, 0.1) is 6.54 Å². The molecule has 2 aliphatic rings. The fourth-order valence-corrected chi connectivity index (χ4v) is 3.29. The van der Waals surface area contributed by atoms with Gasteiger partial charge in [0.25, 0.3) is 0 Å². The van der Waals surface area contributed by atoms with Crippen LogP contribution in [0.2, 0.25) is 0 Å². The summed E-state index contributed by atoms with van der Waals surface area (Å²) in [5.41, 5.74) is 6.83. The molecule has 0 aromatic carbocycles. The van der Waals surface area contributed by atoms with E-state index in [4.69, 9.17) is 10.2 Å². The van der Waals surface area contributed by atoms with Crippen molar-refractivity contribution in [1.29, 1.82) is 0 Å². The van der Waals surface area contributed by atoms with E-state index < -0.39 is 0 Å². The van der Waals surface area contributed by atoms with Gasteiger partial charge < -0.3 is 10.2 Å². The van der Waals surface area contributed by atoms with Gasteiger partial charge in [0.1, 0.15) is 11.5 Å². The molecule has 0 spiro atoms. The molecule has 2 N–H and O–H groups in total. The second-order valence-electron chi connectivity index (χ2n) is 5.57. The van der Waals surface area contributed by atoms with Gasteiger partial charge >= 0.3 is 0 Å². The number of hydrogen-bond acceptors (Lipinski definition) is 4. The summed E-state index contributed by atoms with van der Waals surface area (Å²) in [6, 6.07) is 2.90. The molecule has 1 unspecified atom stereocenters. The molecule has 0 amide bonds. The number of fused-ring (bicyclic) bond motifs is 1. The molecule has 4 heteroatoms. The van der Waals surface area contributed by atoms with Crippen molar-refractivity contribution in [2.24, 2.45) is 5.73 Å². The number of aryl methyl sites for hydroxylation is 1. The van der Waals surface area contributed by atoms with Crippen LogP contribution in [0, 0.1) is 6.92 Å². The summed E-state index contributed by atoms with van der Waals surface area (Å²) in [4.78, 5) is 5.15. The Kier molecular flexibility index (Phi) is 3.41. The maximum Gasteiger partial charge on any atom is 0.118 e. The van der Waals surface area contributed by atoms with Gasteiger partial charge in [-0.3, -0.25) is 9.80 Å². The molecule has 100 valence electrons. The number of hydrogen-bond donors (Lipinski definition) is 1. The van der Waals surface area contributed by atoms with Crippen molar-refractivity contribution in [1.82, 2.24) is 9.80 Å². The largest absolute Gasteiger partial charge is 0.465 e. The second-order valence-corrected chi connectivity index (χ2v) is 5.57. The molecular formula is C14H23N3O. The number of piperazine rings is 1. The Labute approximate surface area is 109 Å². The fourth-order valence-electron chi connectivity index (χ4n) is 3.29. The lowest BCUT2D eigenvalue weighted by molar-refractivity contribution is 0.0939. The van der Waals surface area contributed by atoms with Crippen LogP contribution in [-0.2, 0) is 13.1 Å². The van der Waals surface area contributed by atoms with E-state index in [-0.39, 0.29) is 0 Å². The summed E-state index contributed by atoms with van der Waals surface area (Å²) in [6.45, 7) is 8.38. The highest BCUT2D eigenvalue weighted by molar-refractivity contribution is 5.20. The first-order valence-corrected chi connectivity index (χ1v) is 7.01. The summed E-state index contributed by atoms with van der Waals surface area (Å²) in [6.07, 6.45) is 2.73. The zero-order valence-electron chi connectivity index (χ0n) is 11.2. The minimum atomic E-state index is 0.575. The van der Waals surface area contributed by atoms with Crippen LogP contribution in [0.5, 0.6) is 0 Å². The van der Waals surface area contributed by atoms with E-state index in [2.05, 4.69) is 15.9 Å². The predicted octanol–water partition coefficient (Wildman–Crippen LogP) is 1.33. The van der Waals surface area contributed by atoms with Crippen molar-refractivity contribution in [3.63, 3.8) is 0 Å². The normalized spacial score (nSPS) is 25.6. The molecule has 2 fully saturated rings. The summed E-state index contributed by atoms with van der Waals surface area (Å²) >= 11 is 0. The number of nitrogens with zero attached hydrogens (tertiary/aromatic N) is 2. The lowest BCUT2D eigenvalue weighted by Crippen LogP contribution is -2.49. The van der Waals surface area contributed by atoms with E-state index >= 15 is 0 Å². The molecule has 2 saturated heterocycles. The van der Waals surface area contributed by atoms with Crippen molar-refractivity contribution < 1.29 is 4.42 Å². The van der Waals surface area contributed by atoms with Gasteiger partial charge in [-0.25, -0.2) is 0 Å². The predicted molar refractivity (Wildman–Crippen MR) is 71.2 cm³/mol. The van der Waals surface area contributed by atoms with Crippen LogP contribution in [0.3, 0.4) is 0 Å². The first-order valence-electron chi connectivity index (χ1n) is 7.01. The zero-order chi connectivity index (χ0) is 12.5. The Bertz CT molecular complexity index is 415. The Hall–Kier alpha value is -0.840. The van der Waals surface area contributed by atoms with Gasteiger partial charge in [0, 0.05) is 37.8 Å². The van der Waals surface area contributed by atoms with Crippen LogP contribution >= 0.6 is 0 Å². The third kappa shape index (κ3) is 2.32. The summed E-state index contributed by atoms with van der Waals surface area (Å²) < 4.78 is 5.78. The molecule has 3 rings (SSSR count). The van der Waals surface area contributed by atoms with Gasteiger partial charge in [-0.1, -0.05) is 0 Å². The molecule has 0 saturated carbocycles. The maximum absolute atomic E-state index is 5.78. The van der Waals surface area contributed by atoms with Gasteiger partial charge in [0.2, 0.25) is 0 Å². The minimum Gasteiger partial charge on any atom is -0.465 e. The average molecular weight is 249 g/mol. The topological polar surface area (TPSA) is 45.6 Å². The first-order chi connectivity index (χ1) is 8.76. The van der Waals surface area contributed by atoms with Crippen molar-refractivity contribution in [2.75, 3.05) is 26.2 Å². The third-order valence-electron chi connectivity index (χ3n) is 4.34. The Morgan fingerprint density at radius 2 is 2.28 bits per heavy atom. The Morgan fingerprint density at radius 1 is 1.39 bits per heavy atom. The molecule has 3 heterocycles. The van der Waals surface area contributed by atoms with Crippen LogP contribution in [0.25, 0.3) is 0 Å².